The third-order valence-corrected chi connectivity index (χ3v) is 7.14. The Kier molecular flexibility index (Phi) is 9.92. The van der Waals surface area contributed by atoms with Crippen molar-refractivity contribution in [1.29, 1.82) is 0 Å². The minimum atomic E-state index is -0.444. The molecule has 1 aromatic carbocycles. The molecule has 2 aliphatic heterocycles. The van der Waals surface area contributed by atoms with E-state index < -0.39 is 5.97 Å². The van der Waals surface area contributed by atoms with E-state index in [9.17, 15) is 14.4 Å². The Morgan fingerprint density at radius 2 is 1.87 bits per heavy atom. The monoisotopic (exact) mass is 524 g/mol. The molecule has 1 fully saturated rings. The molecule has 1 atom stereocenters. The molecule has 38 heavy (non-hydrogen) atoms. The van der Waals surface area contributed by atoms with Crippen molar-refractivity contribution in [2.24, 2.45) is 5.92 Å². The van der Waals surface area contributed by atoms with Crippen LogP contribution in [0.2, 0.25) is 0 Å². The highest BCUT2D eigenvalue weighted by atomic mass is 16.5. The van der Waals surface area contributed by atoms with E-state index in [1.807, 2.05) is 18.7 Å². The average Bonchev–Trinajstić information content (AvgIpc) is 3.27. The molecule has 9 heteroatoms. The van der Waals surface area contributed by atoms with Gasteiger partial charge in [0, 0.05) is 50.5 Å². The number of amides is 2. The van der Waals surface area contributed by atoms with Crippen molar-refractivity contribution in [3.05, 3.63) is 52.3 Å². The highest BCUT2D eigenvalue weighted by Crippen LogP contribution is 2.22. The van der Waals surface area contributed by atoms with E-state index in [2.05, 4.69) is 5.32 Å². The van der Waals surface area contributed by atoms with Crippen LogP contribution >= 0.6 is 0 Å². The van der Waals surface area contributed by atoms with E-state index in [-0.39, 0.29) is 24.3 Å². The van der Waals surface area contributed by atoms with Crippen LogP contribution < -0.4 is 5.32 Å². The van der Waals surface area contributed by atoms with Gasteiger partial charge in [-0.25, -0.2) is 4.79 Å². The van der Waals surface area contributed by atoms with Gasteiger partial charge in [-0.3, -0.25) is 14.3 Å². The van der Waals surface area contributed by atoms with Crippen molar-refractivity contribution in [3.8, 4) is 0 Å². The smallest absolute Gasteiger partial charge is 0.338 e. The number of aryl methyl sites for hydroxylation is 1. The number of piperidine rings is 1. The quantitative estimate of drug-likeness (QED) is 0.555. The lowest BCUT2D eigenvalue weighted by Gasteiger charge is -2.26. The molecular formula is C29H40N4O5. The van der Waals surface area contributed by atoms with Crippen LogP contribution in [0.5, 0.6) is 0 Å². The molecule has 2 amide bonds. The summed E-state index contributed by atoms with van der Waals surface area (Å²) < 4.78 is 13.1. The predicted molar refractivity (Wildman–Crippen MR) is 143 cm³/mol. The summed E-state index contributed by atoms with van der Waals surface area (Å²) in [6.45, 7) is 8.18. The molecule has 0 aliphatic carbocycles. The number of nitrogens with one attached hydrogen (secondary N) is 1. The summed E-state index contributed by atoms with van der Waals surface area (Å²) in [5, 5.41) is 7.75. The number of carbonyl (C=O) groups is 3. The van der Waals surface area contributed by atoms with Gasteiger partial charge in [-0.2, -0.15) is 5.10 Å². The second kappa shape index (κ2) is 13.6. The summed E-state index contributed by atoms with van der Waals surface area (Å²) in [6, 6.07) is 6.79. The number of hydrogen-bond acceptors (Lipinski definition) is 6. The number of likely N-dealkylation sites (tertiary alicyclic amines) is 1. The zero-order chi connectivity index (χ0) is 26.9. The number of benzene rings is 1. The van der Waals surface area contributed by atoms with Crippen molar-refractivity contribution < 1.29 is 23.9 Å². The first-order valence-electron chi connectivity index (χ1n) is 14.0. The number of aromatic nitrogens is 2. The molecule has 0 saturated carbocycles. The van der Waals surface area contributed by atoms with Gasteiger partial charge in [-0.1, -0.05) is 13.0 Å². The Morgan fingerprint density at radius 1 is 1.11 bits per heavy atom. The molecule has 2 aromatic rings. The summed E-state index contributed by atoms with van der Waals surface area (Å²) in [5.41, 5.74) is 3.35. The Bertz CT molecular complexity index is 1120. The number of esters is 1. The van der Waals surface area contributed by atoms with Gasteiger partial charge in [0.25, 0.3) is 11.8 Å². The lowest BCUT2D eigenvalue weighted by Crippen LogP contribution is -2.35. The Hall–Kier alpha value is -3.20. The van der Waals surface area contributed by atoms with Crippen LogP contribution in [0.1, 0.15) is 88.4 Å². The van der Waals surface area contributed by atoms with Crippen molar-refractivity contribution in [2.45, 2.75) is 65.3 Å². The SMILES string of the molecule is CCn1nc(C[C@@H](C)COC(=O)c2cccc(C(=O)N3CCCCC3)c2)c2c1C(=O)NCCCOCCC2. The number of ether oxygens (including phenoxy) is 2. The minimum Gasteiger partial charge on any atom is -0.462 e. The van der Waals surface area contributed by atoms with Crippen molar-refractivity contribution >= 4 is 17.8 Å². The molecule has 206 valence electrons. The van der Waals surface area contributed by atoms with Gasteiger partial charge < -0.3 is 19.7 Å². The minimum absolute atomic E-state index is 0.00100. The van der Waals surface area contributed by atoms with Gasteiger partial charge in [0.1, 0.15) is 5.69 Å². The van der Waals surface area contributed by atoms with E-state index in [0.717, 1.165) is 56.5 Å². The fraction of sp³-hybridized carbons (Fsp3) is 0.586. The Labute approximate surface area is 224 Å². The number of fused-ring (bicyclic) bond motifs is 1. The standard InChI is InChI=1S/C29H40N4O5/c1-3-33-26-24(12-8-16-37-17-9-13-30-27(26)34)25(31-33)18-21(2)20-38-29(36)23-11-7-10-22(19-23)28(35)32-14-5-4-6-15-32/h7,10-11,19,21H,3-6,8-9,12-18,20H2,1-2H3,(H,30,34)/t21-/m1/s1. The van der Waals surface area contributed by atoms with Crippen LogP contribution in [0.25, 0.3) is 0 Å². The molecule has 1 aromatic heterocycles. The third-order valence-electron chi connectivity index (χ3n) is 7.14. The number of rotatable bonds is 7. The lowest BCUT2D eigenvalue weighted by molar-refractivity contribution is 0.0448. The van der Waals surface area contributed by atoms with Crippen molar-refractivity contribution in [3.63, 3.8) is 0 Å². The summed E-state index contributed by atoms with van der Waals surface area (Å²) in [6.07, 6.45) is 6.08. The van der Waals surface area contributed by atoms with E-state index >= 15 is 0 Å². The molecule has 4 rings (SSSR count). The first-order valence-corrected chi connectivity index (χ1v) is 14.0. The molecule has 1 saturated heterocycles. The van der Waals surface area contributed by atoms with Gasteiger partial charge in [-0.15, -0.1) is 0 Å². The fourth-order valence-electron chi connectivity index (χ4n) is 5.12. The van der Waals surface area contributed by atoms with Crippen LogP contribution in [0.4, 0.5) is 0 Å². The van der Waals surface area contributed by atoms with Gasteiger partial charge >= 0.3 is 5.97 Å². The summed E-state index contributed by atoms with van der Waals surface area (Å²) in [5.74, 6) is -0.577. The second-order valence-corrected chi connectivity index (χ2v) is 10.3. The molecule has 3 heterocycles. The van der Waals surface area contributed by atoms with Crippen LogP contribution in [0, 0.1) is 5.92 Å². The van der Waals surface area contributed by atoms with Crippen LogP contribution in [-0.4, -0.2) is 71.9 Å². The first kappa shape index (κ1) is 27.8. The predicted octanol–water partition coefficient (Wildman–Crippen LogP) is 3.65. The van der Waals surface area contributed by atoms with Crippen molar-refractivity contribution in [2.75, 3.05) is 39.5 Å². The Balaban J connectivity index is 1.40. The maximum Gasteiger partial charge on any atom is 0.338 e. The number of nitrogens with zero attached hydrogens (tertiary/aromatic N) is 3. The topological polar surface area (TPSA) is 103 Å². The van der Waals surface area contributed by atoms with Crippen LogP contribution in [0.3, 0.4) is 0 Å². The average molecular weight is 525 g/mol. The van der Waals surface area contributed by atoms with E-state index in [0.29, 0.717) is 56.0 Å². The molecular weight excluding hydrogens is 484 g/mol. The molecule has 0 radical (unpaired) electrons. The van der Waals surface area contributed by atoms with Gasteiger partial charge in [-0.05, 0) is 76.0 Å². The van der Waals surface area contributed by atoms with Crippen LogP contribution in [-0.2, 0) is 28.9 Å². The molecule has 1 N–H and O–H groups in total. The number of carbonyl (C=O) groups excluding carboxylic acids is 3. The van der Waals surface area contributed by atoms with Crippen LogP contribution in [0.15, 0.2) is 24.3 Å². The highest BCUT2D eigenvalue weighted by molar-refractivity contribution is 5.98. The lowest BCUT2D eigenvalue weighted by atomic mass is 9.99. The third kappa shape index (κ3) is 7.01. The Morgan fingerprint density at radius 3 is 2.66 bits per heavy atom. The van der Waals surface area contributed by atoms with Gasteiger partial charge in [0.2, 0.25) is 0 Å². The first-order chi connectivity index (χ1) is 18.5. The summed E-state index contributed by atoms with van der Waals surface area (Å²) in [7, 11) is 0. The molecule has 0 spiro atoms. The number of hydrogen-bond donors (Lipinski definition) is 1. The fourth-order valence-corrected chi connectivity index (χ4v) is 5.12. The van der Waals surface area contributed by atoms with Gasteiger partial charge in [0.15, 0.2) is 0 Å². The maximum absolute atomic E-state index is 13.0. The normalized spacial score (nSPS) is 17.6. The largest absolute Gasteiger partial charge is 0.462 e. The van der Waals surface area contributed by atoms with E-state index in [1.165, 1.54) is 0 Å². The summed E-state index contributed by atoms with van der Waals surface area (Å²) in [4.78, 5) is 40.5. The van der Waals surface area contributed by atoms with Gasteiger partial charge in [0.05, 0.1) is 17.9 Å². The van der Waals surface area contributed by atoms with Crippen molar-refractivity contribution in [1.82, 2.24) is 20.0 Å². The highest BCUT2D eigenvalue weighted by Gasteiger charge is 2.25. The second-order valence-electron chi connectivity index (χ2n) is 10.3. The molecule has 0 bridgehead atoms. The van der Waals surface area contributed by atoms with E-state index in [4.69, 9.17) is 14.6 Å². The maximum atomic E-state index is 13.0. The molecule has 2 aliphatic rings. The molecule has 0 unspecified atom stereocenters. The zero-order valence-electron chi connectivity index (χ0n) is 22.7. The molecule has 9 nitrogen and oxygen atoms in total. The summed E-state index contributed by atoms with van der Waals surface area (Å²) >= 11 is 0. The van der Waals surface area contributed by atoms with E-state index in [1.54, 1.807) is 28.9 Å². The zero-order valence-corrected chi connectivity index (χ0v) is 22.7.